The van der Waals surface area contributed by atoms with E-state index < -0.39 is 0 Å². The Morgan fingerprint density at radius 2 is 1.70 bits per heavy atom. The third-order valence-corrected chi connectivity index (χ3v) is 2.92. The van der Waals surface area contributed by atoms with Crippen molar-refractivity contribution in [3.63, 3.8) is 0 Å². The molecule has 20 heavy (non-hydrogen) atoms. The summed E-state index contributed by atoms with van der Waals surface area (Å²) in [5.74, 6) is 1.53. The molecular weight excluding hydrogens is 252 g/mol. The number of hydrogen-bond acceptors (Lipinski definition) is 3. The van der Waals surface area contributed by atoms with Gasteiger partial charge in [0.1, 0.15) is 11.5 Å². The number of ether oxygens (including phenoxy) is 2. The summed E-state index contributed by atoms with van der Waals surface area (Å²) >= 11 is 0. The van der Waals surface area contributed by atoms with Crippen LogP contribution < -0.4 is 9.47 Å². The summed E-state index contributed by atoms with van der Waals surface area (Å²) in [6, 6.07) is 15.2. The van der Waals surface area contributed by atoms with E-state index in [0.717, 1.165) is 24.0 Å². The minimum atomic E-state index is 0.526. The summed E-state index contributed by atoms with van der Waals surface area (Å²) in [5.41, 5.74) is 1.56. The molecule has 0 saturated heterocycles. The average molecular weight is 270 g/mol. The van der Waals surface area contributed by atoms with Crippen LogP contribution in [0.3, 0.4) is 0 Å². The average Bonchev–Trinajstić information content (AvgIpc) is 2.49. The molecule has 0 spiro atoms. The summed E-state index contributed by atoms with van der Waals surface area (Å²) in [5, 5.41) is 0. The number of carbonyl (C=O) groups is 1. The molecule has 2 rings (SSSR count). The summed E-state index contributed by atoms with van der Waals surface area (Å²) in [4.78, 5) is 10.9. The van der Waals surface area contributed by atoms with Gasteiger partial charge in [-0.2, -0.15) is 0 Å². The second-order valence-electron chi connectivity index (χ2n) is 4.47. The van der Waals surface area contributed by atoms with Gasteiger partial charge in [0.05, 0.1) is 18.8 Å². The highest BCUT2D eigenvalue weighted by Gasteiger charge is 2.05. The van der Waals surface area contributed by atoms with Crippen molar-refractivity contribution in [2.24, 2.45) is 0 Å². The van der Waals surface area contributed by atoms with Gasteiger partial charge in [0, 0.05) is 6.42 Å². The molecule has 2 aromatic carbocycles. The molecule has 0 atom stereocenters. The highest BCUT2D eigenvalue weighted by atomic mass is 16.5. The van der Waals surface area contributed by atoms with Gasteiger partial charge in [0.2, 0.25) is 0 Å². The van der Waals surface area contributed by atoms with Crippen LogP contribution in [-0.4, -0.2) is 19.5 Å². The number of aryl methyl sites for hydroxylation is 1. The van der Waals surface area contributed by atoms with Crippen molar-refractivity contribution in [1.29, 1.82) is 0 Å². The molecule has 0 heterocycles. The summed E-state index contributed by atoms with van der Waals surface area (Å²) < 4.78 is 11.3. The second-order valence-corrected chi connectivity index (χ2v) is 4.47. The Labute approximate surface area is 119 Å². The fraction of sp³-hybridized carbons (Fsp3) is 0.235. The van der Waals surface area contributed by atoms with Gasteiger partial charge in [-0.05, 0) is 30.7 Å². The Bertz CT molecular complexity index is 549. The molecule has 0 aliphatic heterocycles. The Morgan fingerprint density at radius 1 is 0.950 bits per heavy atom. The Morgan fingerprint density at radius 3 is 2.45 bits per heavy atom. The smallest absolute Gasteiger partial charge is 0.153 e. The molecule has 3 heteroatoms. The maximum Gasteiger partial charge on any atom is 0.153 e. The van der Waals surface area contributed by atoms with Gasteiger partial charge in [-0.1, -0.05) is 30.3 Å². The quantitative estimate of drug-likeness (QED) is 0.569. The van der Waals surface area contributed by atoms with Crippen LogP contribution >= 0.6 is 0 Å². The maximum absolute atomic E-state index is 10.9. The van der Waals surface area contributed by atoms with Gasteiger partial charge in [-0.3, -0.25) is 4.79 Å². The molecular formula is C17H18O3. The first kappa shape index (κ1) is 14.1. The molecule has 0 N–H and O–H groups in total. The molecule has 0 aliphatic carbocycles. The highest BCUT2D eigenvalue weighted by molar-refractivity contribution is 5.80. The van der Waals surface area contributed by atoms with Crippen LogP contribution in [-0.2, 0) is 0 Å². The van der Waals surface area contributed by atoms with E-state index in [2.05, 4.69) is 0 Å². The summed E-state index contributed by atoms with van der Waals surface area (Å²) in [6.07, 6.45) is 1.59. The first-order valence-corrected chi connectivity index (χ1v) is 6.66. The molecule has 0 aromatic heterocycles. The van der Waals surface area contributed by atoms with Gasteiger partial charge in [0.15, 0.2) is 6.29 Å². The van der Waals surface area contributed by atoms with Crippen LogP contribution in [0.15, 0.2) is 48.5 Å². The van der Waals surface area contributed by atoms with Crippen molar-refractivity contribution < 1.29 is 14.3 Å². The lowest BCUT2D eigenvalue weighted by Gasteiger charge is -2.11. The van der Waals surface area contributed by atoms with Crippen LogP contribution in [0.1, 0.15) is 22.3 Å². The monoisotopic (exact) mass is 270 g/mol. The molecule has 2 aromatic rings. The van der Waals surface area contributed by atoms with Crippen LogP contribution in [0.5, 0.6) is 11.5 Å². The molecule has 0 unspecified atom stereocenters. The number of hydrogen-bond donors (Lipinski definition) is 0. The van der Waals surface area contributed by atoms with Crippen molar-refractivity contribution in [2.45, 2.75) is 13.3 Å². The van der Waals surface area contributed by atoms with E-state index in [9.17, 15) is 4.79 Å². The van der Waals surface area contributed by atoms with Crippen molar-refractivity contribution >= 4 is 6.29 Å². The normalized spacial score (nSPS) is 10.1. The van der Waals surface area contributed by atoms with Crippen LogP contribution in [0.25, 0.3) is 0 Å². The van der Waals surface area contributed by atoms with Gasteiger partial charge in [0.25, 0.3) is 0 Å². The summed E-state index contributed by atoms with van der Waals surface area (Å²) in [6.45, 7) is 3.05. The molecule has 0 radical (unpaired) electrons. The minimum absolute atomic E-state index is 0.526. The van der Waals surface area contributed by atoms with Gasteiger partial charge >= 0.3 is 0 Å². The first-order chi connectivity index (χ1) is 9.81. The van der Waals surface area contributed by atoms with Crippen molar-refractivity contribution in [2.75, 3.05) is 13.2 Å². The second kappa shape index (κ2) is 7.34. The standard InChI is InChI=1S/C17H18O3/c1-14-7-5-8-15(13-18)17(14)20-12-6-11-19-16-9-3-2-4-10-16/h2-5,7-10,13H,6,11-12H2,1H3. The van der Waals surface area contributed by atoms with E-state index in [1.807, 2.05) is 49.4 Å². The zero-order valence-corrected chi connectivity index (χ0v) is 11.5. The molecule has 0 fully saturated rings. The maximum atomic E-state index is 10.9. The lowest BCUT2D eigenvalue weighted by Crippen LogP contribution is -2.06. The third kappa shape index (κ3) is 3.85. The highest BCUT2D eigenvalue weighted by Crippen LogP contribution is 2.21. The molecule has 0 aliphatic rings. The first-order valence-electron chi connectivity index (χ1n) is 6.66. The van der Waals surface area contributed by atoms with E-state index >= 15 is 0 Å². The zero-order chi connectivity index (χ0) is 14.2. The number of benzene rings is 2. The number of rotatable bonds is 7. The number of aldehydes is 1. The van der Waals surface area contributed by atoms with Gasteiger partial charge in [-0.15, -0.1) is 0 Å². The Hall–Kier alpha value is -2.29. The fourth-order valence-electron chi connectivity index (χ4n) is 1.91. The van der Waals surface area contributed by atoms with E-state index in [0.29, 0.717) is 24.5 Å². The largest absolute Gasteiger partial charge is 0.493 e. The molecule has 0 bridgehead atoms. The van der Waals surface area contributed by atoms with Crippen molar-refractivity contribution in [3.8, 4) is 11.5 Å². The third-order valence-electron chi connectivity index (χ3n) is 2.92. The van der Waals surface area contributed by atoms with Gasteiger partial charge in [-0.25, -0.2) is 0 Å². The minimum Gasteiger partial charge on any atom is -0.493 e. The van der Waals surface area contributed by atoms with Gasteiger partial charge < -0.3 is 9.47 Å². The lowest BCUT2D eigenvalue weighted by atomic mass is 10.1. The SMILES string of the molecule is Cc1cccc(C=O)c1OCCCOc1ccccc1. The molecule has 0 amide bonds. The van der Waals surface area contributed by atoms with Crippen molar-refractivity contribution in [1.82, 2.24) is 0 Å². The Balaban J connectivity index is 1.78. The topological polar surface area (TPSA) is 35.5 Å². The number of carbonyl (C=O) groups excluding carboxylic acids is 1. The van der Waals surface area contributed by atoms with Crippen LogP contribution in [0.2, 0.25) is 0 Å². The molecule has 0 saturated carbocycles. The molecule has 104 valence electrons. The Kier molecular flexibility index (Phi) is 5.18. The fourth-order valence-corrected chi connectivity index (χ4v) is 1.91. The van der Waals surface area contributed by atoms with E-state index in [1.165, 1.54) is 0 Å². The lowest BCUT2D eigenvalue weighted by molar-refractivity contribution is 0.111. The van der Waals surface area contributed by atoms with Crippen molar-refractivity contribution in [3.05, 3.63) is 59.7 Å². The van der Waals surface area contributed by atoms with E-state index in [1.54, 1.807) is 6.07 Å². The van der Waals surface area contributed by atoms with E-state index in [4.69, 9.17) is 9.47 Å². The van der Waals surface area contributed by atoms with Crippen LogP contribution in [0, 0.1) is 6.92 Å². The zero-order valence-electron chi connectivity index (χ0n) is 11.5. The molecule has 3 nitrogen and oxygen atoms in total. The predicted molar refractivity (Wildman–Crippen MR) is 78.6 cm³/mol. The van der Waals surface area contributed by atoms with E-state index in [-0.39, 0.29) is 0 Å². The van der Waals surface area contributed by atoms with Crippen LogP contribution in [0.4, 0.5) is 0 Å². The number of para-hydroxylation sites is 2. The predicted octanol–water partition coefficient (Wildman–Crippen LogP) is 3.66. The summed E-state index contributed by atoms with van der Waals surface area (Å²) in [7, 11) is 0.